The van der Waals surface area contributed by atoms with Gasteiger partial charge in [0, 0.05) is 38.2 Å². The molecule has 3 unspecified atom stereocenters. The summed E-state index contributed by atoms with van der Waals surface area (Å²) in [6.45, 7) is 5.61. The predicted octanol–water partition coefficient (Wildman–Crippen LogP) is 4.97. The molecule has 1 aliphatic heterocycles. The number of hydrogen-bond donors (Lipinski definition) is 1. The van der Waals surface area contributed by atoms with E-state index in [1.165, 1.54) is 10.4 Å². The fraction of sp³-hybridized carbons (Fsp3) is 0.500. The zero-order valence-corrected chi connectivity index (χ0v) is 15.6. The Balaban J connectivity index is 1.94. The molecule has 0 aliphatic carbocycles. The molecule has 2 nitrogen and oxygen atoms in total. The monoisotopic (exact) mass is 384 g/mol. The minimum atomic E-state index is 0.179. The van der Waals surface area contributed by atoms with Gasteiger partial charge in [-0.1, -0.05) is 6.92 Å². The smallest absolute Gasteiger partial charge is 0.0598 e. The van der Waals surface area contributed by atoms with Crippen molar-refractivity contribution in [1.82, 2.24) is 4.90 Å². The van der Waals surface area contributed by atoms with Crippen LogP contribution < -0.4 is 5.73 Å². The van der Waals surface area contributed by atoms with Crippen molar-refractivity contribution < 1.29 is 0 Å². The Hall–Kier alpha value is -0.200. The summed E-state index contributed by atoms with van der Waals surface area (Å²) in [4.78, 5) is 5.53. The van der Waals surface area contributed by atoms with Crippen LogP contribution in [-0.2, 0) is 6.42 Å². The van der Waals surface area contributed by atoms with Crippen molar-refractivity contribution >= 4 is 38.6 Å². The van der Waals surface area contributed by atoms with Crippen molar-refractivity contribution in [2.75, 3.05) is 6.54 Å². The molecule has 0 saturated carbocycles. The highest BCUT2D eigenvalue weighted by Gasteiger charge is 2.34. The highest BCUT2D eigenvalue weighted by Crippen LogP contribution is 2.41. The summed E-state index contributed by atoms with van der Waals surface area (Å²) < 4.78 is 1.16. The second kappa shape index (κ2) is 6.50. The highest BCUT2D eigenvalue weighted by atomic mass is 79.9. The second-order valence-corrected chi connectivity index (χ2v) is 8.51. The summed E-state index contributed by atoms with van der Waals surface area (Å²) in [5.41, 5.74) is 7.99. The van der Waals surface area contributed by atoms with Crippen molar-refractivity contribution in [1.29, 1.82) is 0 Å². The van der Waals surface area contributed by atoms with Gasteiger partial charge in [-0.15, -0.1) is 22.7 Å². The van der Waals surface area contributed by atoms with E-state index in [1.54, 1.807) is 4.88 Å². The highest BCUT2D eigenvalue weighted by molar-refractivity contribution is 9.10. The molecule has 3 atom stereocenters. The topological polar surface area (TPSA) is 29.3 Å². The summed E-state index contributed by atoms with van der Waals surface area (Å²) in [5.74, 6) is 0. The van der Waals surface area contributed by atoms with E-state index in [2.05, 4.69) is 57.6 Å². The van der Waals surface area contributed by atoms with Gasteiger partial charge in [-0.3, -0.25) is 4.90 Å². The second-order valence-electron chi connectivity index (χ2n) is 5.65. The van der Waals surface area contributed by atoms with Crippen molar-refractivity contribution in [2.24, 2.45) is 5.73 Å². The van der Waals surface area contributed by atoms with Crippen LogP contribution in [0.25, 0.3) is 0 Å². The average molecular weight is 385 g/mol. The lowest BCUT2D eigenvalue weighted by atomic mass is 9.95. The summed E-state index contributed by atoms with van der Waals surface area (Å²) in [5, 5.41) is 4.39. The first-order valence-corrected chi connectivity index (χ1v) is 9.98. The van der Waals surface area contributed by atoms with Crippen molar-refractivity contribution in [2.45, 2.75) is 44.8 Å². The molecule has 0 radical (unpaired) electrons. The molecule has 2 aromatic rings. The molecule has 0 amide bonds. The van der Waals surface area contributed by atoms with Gasteiger partial charge < -0.3 is 5.73 Å². The van der Waals surface area contributed by atoms with Gasteiger partial charge in [0.1, 0.15) is 0 Å². The number of nitrogens with zero attached hydrogens (tertiary/aromatic N) is 1. The maximum absolute atomic E-state index is 6.50. The third-order valence-electron chi connectivity index (χ3n) is 4.44. The van der Waals surface area contributed by atoms with Crippen LogP contribution in [0.3, 0.4) is 0 Å². The van der Waals surface area contributed by atoms with Gasteiger partial charge in [0.05, 0.1) is 6.04 Å². The SMILES string of the molecule is CCC(N)C(c1cc(Br)cs1)N1CCc2sccc2C1C. The van der Waals surface area contributed by atoms with Crippen LogP contribution in [0.4, 0.5) is 0 Å². The van der Waals surface area contributed by atoms with E-state index < -0.39 is 0 Å². The molecule has 0 spiro atoms. The molecule has 2 aromatic heterocycles. The molecular formula is C16H21BrN2S2. The maximum Gasteiger partial charge on any atom is 0.0598 e. The van der Waals surface area contributed by atoms with E-state index in [0.29, 0.717) is 12.1 Å². The molecule has 3 heterocycles. The molecule has 0 bridgehead atoms. The number of hydrogen-bond acceptors (Lipinski definition) is 4. The molecule has 114 valence electrons. The van der Waals surface area contributed by atoms with Gasteiger partial charge in [-0.25, -0.2) is 0 Å². The Morgan fingerprint density at radius 2 is 2.29 bits per heavy atom. The zero-order valence-electron chi connectivity index (χ0n) is 12.4. The maximum atomic E-state index is 6.50. The fourth-order valence-electron chi connectivity index (χ4n) is 3.24. The summed E-state index contributed by atoms with van der Waals surface area (Å²) >= 11 is 7.29. The van der Waals surface area contributed by atoms with E-state index >= 15 is 0 Å². The Morgan fingerprint density at radius 3 is 2.95 bits per heavy atom. The molecule has 5 heteroatoms. The summed E-state index contributed by atoms with van der Waals surface area (Å²) in [7, 11) is 0. The van der Waals surface area contributed by atoms with Crippen molar-refractivity contribution in [3.63, 3.8) is 0 Å². The first kappa shape index (κ1) is 15.7. The summed E-state index contributed by atoms with van der Waals surface area (Å²) in [6.07, 6.45) is 2.15. The summed E-state index contributed by atoms with van der Waals surface area (Å²) in [6, 6.07) is 5.46. The zero-order chi connectivity index (χ0) is 15.0. The standard InChI is InChI=1S/C16H21BrN2S2/c1-3-13(18)16(15-8-11(17)9-21-15)19-6-4-14-12(10(19)2)5-7-20-14/h5,7-10,13,16H,3-4,6,18H2,1-2H3. The van der Waals surface area contributed by atoms with E-state index in [4.69, 9.17) is 5.73 Å². The van der Waals surface area contributed by atoms with Gasteiger partial charge >= 0.3 is 0 Å². The molecule has 2 N–H and O–H groups in total. The van der Waals surface area contributed by atoms with Crippen LogP contribution in [0.15, 0.2) is 27.4 Å². The van der Waals surface area contributed by atoms with E-state index in [0.717, 1.165) is 23.9 Å². The number of thiophene rings is 2. The predicted molar refractivity (Wildman–Crippen MR) is 96.2 cm³/mol. The Bertz CT molecular complexity index is 607. The third-order valence-corrected chi connectivity index (χ3v) is 7.20. The largest absolute Gasteiger partial charge is 0.326 e. The molecular weight excluding hydrogens is 364 g/mol. The fourth-order valence-corrected chi connectivity index (χ4v) is 5.84. The number of rotatable bonds is 4. The van der Waals surface area contributed by atoms with Crippen LogP contribution in [0.1, 0.15) is 47.7 Å². The Morgan fingerprint density at radius 1 is 1.48 bits per heavy atom. The molecule has 21 heavy (non-hydrogen) atoms. The quantitative estimate of drug-likeness (QED) is 0.805. The van der Waals surface area contributed by atoms with Gasteiger partial charge in [-0.05, 0) is 58.8 Å². The number of fused-ring (bicyclic) bond motifs is 1. The first-order chi connectivity index (χ1) is 10.1. The van der Waals surface area contributed by atoms with Gasteiger partial charge in [0.2, 0.25) is 0 Å². The van der Waals surface area contributed by atoms with Crippen molar-refractivity contribution in [3.8, 4) is 0 Å². The van der Waals surface area contributed by atoms with E-state index in [-0.39, 0.29) is 6.04 Å². The van der Waals surface area contributed by atoms with E-state index in [9.17, 15) is 0 Å². The normalized spacial score (nSPS) is 22.0. The third kappa shape index (κ3) is 2.99. The van der Waals surface area contributed by atoms with Crippen LogP contribution >= 0.6 is 38.6 Å². The number of nitrogens with two attached hydrogens (primary N) is 1. The lowest BCUT2D eigenvalue weighted by Gasteiger charge is -2.41. The van der Waals surface area contributed by atoms with Gasteiger partial charge in [0.25, 0.3) is 0 Å². The molecule has 0 fully saturated rings. The lowest BCUT2D eigenvalue weighted by molar-refractivity contribution is 0.116. The van der Waals surface area contributed by atoms with Crippen LogP contribution in [-0.4, -0.2) is 17.5 Å². The molecule has 3 rings (SSSR count). The van der Waals surface area contributed by atoms with Gasteiger partial charge in [0.15, 0.2) is 0 Å². The number of halogens is 1. The minimum Gasteiger partial charge on any atom is -0.326 e. The molecule has 0 aromatic carbocycles. The lowest BCUT2D eigenvalue weighted by Crippen LogP contribution is -2.44. The van der Waals surface area contributed by atoms with Crippen LogP contribution in [0.5, 0.6) is 0 Å². The van der Waals surface area contributed by atoms with Crippen LogP contribution in [0, 0.1) is 0 Å². The Kier molecular flexibility index (Phi) is 4.86. The van der Waals surface area contributed by atoms with E-state index in [1.807, 2.05) is 22.7 Å². The van der Waals surface area contributed by atoms with Gasteiger partial charge in [-0.2, -0.15) is 0 Å². The van der Waals surface area contributed by atoms with Crippen LogP contribution in [0.2, 0.25) is 0 Å². The Labute approximate surface area is 143 Å². The van der Waals surface area contributed by atoms with Crippen molar-refractivity contribution in [3.05, 3.63) is 42.7 Å². The molecule has 0 saturated heterocycles. The average Bonchev–Trinajstić information content (AvgIpc) is 3.10. The minimum absolute atomic E-state index is 0.179. The first-order valence-electron chi connectivity index (χ1n) is 7.43. The molecule has 1 aliphatic rings.